The van der Waals surface area contributed by atoms with Gasteiger partial charge in [0.1, 0.15) is 0 Å². The maximum absolute atomic E-state index is 2.59. The predicted octanol–water partition coefficient (Wildman–Crippen LogP) is 9.86. The summed E-state index contributed by atoms with van der Waals surface area (Å²) < 4.78 is 2.59. The van der Waals surface area contributed by atoms with E-state index in [2.05, 4.69) is 116 Å². The fourth-order valence-corrected chi connectivity index (χ4v) is 7.59. The summed E-state index contributed by atoms with van der Waals surface area (Å²) in [5.74, 6) is 0. The predicted molar refractivity (Wildman–Crippen MR) is 161 cm³/mol. The third kappa shape index (κ3) is 3.11. The second-order valence-corrected chi connectivity index (χ2v) is 11.9. The Balaban J connectivity index is 1.26. The molecule has 0 fully saturated rings. The summed E-state index contributed by atoms with van der Waals surface area (Å²) >= 11 is 0. The normalized spacial score (nSPS) is 21.6. The fourth-order valence-electron chi connectivity index (χ4n) is 7.59. The fraction of sp³-hybridized carbons (Fsp3) is 0.243. The maximum atomic E-state index is 2.59. The minimum Gasteiger partial charge on any atom is -0.333 e. The molecule has 0 radical (unpaired) electrons. The third-order valence-corrected chi connectivity index (χ3v) is 9.53. The first-order valence-electron chi connectivity index (χ1n) is 14.2. The van der Waals surface area contributed by atoms with Gasteiger partial charge in [-0.2, -0.15) is 0 Å². The molecule has 0 amide bonds. The first kappa shape index (κ1) is 22.2. The smallest absolute Gasteiger partial charge is 0.0566 e. The molecule has 1 nitrogen and oxygen atoms in total. The van der Waals surface area contributed by atoms with Gasteiger partial charge in [-0.3, -0.25) is 0 Å². The molecule has 1 heterocycles. The van der Waals surface area contributed by atoms with Gasteiger partial charge in [0.25, 0.3) is 0 Å². The van der Waals surface area contributed by atoms with E-state index in [9.17, 15) is 0 Å². The molecular formula is C37H33N. The van der Waals surface area contributed by atoms with Gasteiger partial charge in [0.15, 0.2) is 0 Å². The minimum absolute atomic E-state index is 0.0616. The molecule has 4 aliphatic rings. The van der Waals surface area contributed by atoms with E-state index in [0.29, 0.717) is 6.04 Å². The molecule has 0 spiro atoms. The zero-order chi connectivity index (χ0) is 25.4. The highest BCUT2D eigenvalue weighted by Gasteiger charge is 2.37. The van der Waals surface area contributed by atoms with Crippen LogP contribution in [0.15, 0.2) is 114 Å². The van der Waals surface area contributed by atoms with Crippen molar-refractivity contribution in [2.24, 2.45) is 0 Å². The number of aromatic nitrogens is 1. The van der Waals surface area contributed by atoms with Crippen LogP contribution in [0.5, 0.6) is 0 Å². The molecule has 0 aliphatic heterocycles. The summed E-state index contributed by atoms with van der Waals surface area (Å²) in [6.07, 6.45) is 17.8. The quantitative estimate of drug-likeness (QED) is 0.263. The van der Waals surface area contributed by atoms with Crippen LogP contribution in [0.2, 0.25) is 0 Å². The van der Waals surface area contributed by atoms with Gasteiger partial charge in [0, 0.05) is 27.2 Å². The molecule has 0 bridgehead atoms. The molecule has 0 saturated carbocycles. The molecule has 1 heteroatoms. The Morgan fingerprint density at radius 1 is 0.816 bits per heavy atom. The zero-order valence-electron chi connectivity index (χ0n) is 22.3. The van der Waals surface area contributed by atoms with E-state index in [0.717, 1.165) is 19.3 Å². The van der Waals surface area contributed by atoms with Gasteiger partial charge in [-0.1, -0.05) is 92.8 Å². The number of hydrogen-bond acceptors (Lipinski definition) is 0. The highest BCUT2D eigenvalue weighted by atomic mass is 15.0. The minimum atomic E-state index is 0.0616. The van der Waals surface area contributed by atoms with Crippen molar-refractivity contribution in [3.05, 3.63) is 131 Å². The van der Waals surface area contributed by atoms with Crippen molar-refractivity contribution in [2.75, 3.05) is 0 Å². The number of benzene rings is 3. The van der Waals surface area contributed by atoms with Crippen molar-refractivity contribution in [2.45, 2.75) is 57.4 Å². The molecule has 0 saturated heterocycles. The van der Waals surface area contributed by atoms with Crippen LogP contribution in [0, 0.1) is 0 Å². The van der Waals surface area contributed by atoms with Crippen molar-refractivity contribution >= 4 is 33.0 Å². The largest absolute Gasteiger partial charge is 0.333 e. The second-order valence-electron chi connectivity index (χ2n) is 11.9. The topological polar surface area (TPSA) is 4.93 Å². The van der Waals surface area contributed by atoms with E-state index in [1.807, 2.05) is 0 Å². The SMILES string of the molecule is CC1(C)C2=C(CCC(c3ccc4c(c3)c3ccccc3n4C3C=C4C=CCCC4=CC3)=C2)c2ccccc21. The van der Waals surface area contributed by atoms with Gasteiger partial charge < -0.3 is 4.57 Å². The number of allylic oxidation sites excluding steroid dienone is 10. The van der Waals surface area contributed by atoms with Crippen LogP contribution >= 0.6 is 0 Å². The van der Waals surface area contributed by atoms with Gasteiger partial charge in [0.05, 0.1) is 6.04 Å². The Morgan fingerprint density at radius 2 is 1.66 bits per heavy atom. The van der Waals surface area contributed by atoms with E-state index in [1.54, 1.807) is 5.57 Å². The number of hydrogen-bond donors (Lipinski definition) is 0. The monoisotopic (exact) mass is 491 g/mol. The number of nitrogens with zero attached hydrogens (tertiary/aromatic N) is 1. The van der Waals surface area contributed by atoms with E-state index >= 15 is 0 Å². The van der Waals surface area contributed by atoms with E-state index < -0.39 is 0 Å². The van der Waals surface area contributed by atoms with Crippen molar-refractivity contribution in [3.63, 3.8) is 0 Å². The summed E-state index contributed by atoms with van der Waals surface area (Å²) in [6.45, 7) is 4.79. The van der Waals surface area contributed by atoms with Crippen LogP contribution in [0.4, 0.5) is 0 Å². The summed E-state index contributed by atoms with van der Waals surface area (Å²) in [7, 11) is 0. The Hall–Kier alpha value is -3.84. The molecule has 4 aromatic rings. The average molecular weight is 492 g/mol. The van der Waals surface area contributed by atoms with Crippen LogP contribution < -0.4 is 0 Å². The Bertz CT molecular complexity index is 1810. The van der Waals surface area contributed by atoms with E-state index in [1.165, 1.54) is 73.6 Å². The number of para-hydroxylation sites is 1. The van der Waals surface area contributed by atoms with Gasteiger partial charge in [0.2, 0.25) is 0 Å². The van der Waals surface area contributed by atoms with Gasteiger partial charge in [-0.05, 0) is 94.9 Å². The highest BCUT2D eigenvalue weighted by Crippen LogP contribution is 2.52. The van der Waals surface area contributed by atoms with Crippen LogP contribution in [0.3, 0.4) is 0 Å². The van der Waals surface area contributed by atoms with Crippen molar-refractivity contribution < 1.29 is 0 Å². The van der Waals surface area contributed by atoms with Crippen LogP contribution in [-0.4, -0.2) is 4.57 Å². The molecule has 186 valence electrons. The second kappa shape index (κ2) is 8.08. The van der Waals surface area contributed by atoms with Crippen LogP contribution in [0.25, 0.3) is 33.0 Å². The molecule has 4 aliphatic carbocycles. The summed E-state index contributed by atoms with van der Waals surface area (Å²) in [4.78, 5) is 0. The average Bonchev–Trinajstić information content (AvgIpc) is 3.41. The summed E-state index contributed by atoms with van der Waals surface area (Å²) in [5, 5.41) is 2.74. The van der Waals surface area contributed by atoms with E-state index in [4.69, 9.17) is 0 Å². The molecular weight excluding hydrogens is 458 g/mol. The first-order chi connectivity index (χ1) is 18.6. The van der Waals surface area contributed by atoms with Crippen molar-refractivity contribution in [1.82, 2.24) is 4.57 Å². The Morgan fingerprint density at radius 3 is 2.61 bits per heavy atom. The number of fused-ring (bicyclic) bond motifs is 6. The molecule has 8 rings (SSSR count). The van der Waals surface area contributed by atoms with Gasteiger partial charge in [-0.15, -0.1) is 0 Å². The van der Waals surface area contributed by atoms with E-state index in [-0.39, 0.29) is 5.41 Å². The molecule has 1 aromatic heterocycles. The molecule has 1 unspecified atom stereocenters. The Kier molecular flexibility index (Phi) is 4.71. The third-order valence-electron chi connectivity index (χ3n) is 9.53. The maximum Gasteiger partial charge on any atom is 0.0566 e. The van der Waals surface area contributed by atoms with Crippen molar-refractivity contribution in [3.8, 4) is 0 Å². The zero-order valence-corrected chi connectivity index (χ0v) is 22.3. The summed E-state index contributed by atoms with van der Waals surface area (Å²) in [5.41, 5.74) is 14.6. The van der Waals surface area contributed by atoms with Crippen LogP contribution in [0.1, 0.15) is 68.7 Å². The lowest BCUT2D eigenvalue weighted by Crippen LogP contribution is -2.17. The standard InChI is InChI=1S/C37H33N/c1-37(2)33-13-7-5-11-29(33)30-19-16-27(23-34(30)37)26-17-20-36-32(22-26)31-12-6-8-14-35(31)38(36)28-18-15-24-9-3-4-10-25(24)21-28/h4-8,10-15,17,20-23,28H,3,9,16,18-19H2,1-2H3. The van der Waals surface area contributed by atoms with Gasteiger partial charge >= 0.3 is 0 Å². The lowest BCUT2D eigenvalue weighted by atomic mass is 9.78. The molecule has 38 heavy (non-hydrogen) atoms. The van der Waals surface area contributed by atoms with Gasteiger partial charge in [-0.25, -0.2) is 0 Å². The summed E-state index contributed by atoms with van der Waals surface area (Å²) in [6, 6.07) is 25.6. The van der Waals surface area contributed by atoms with Crippen LogP contribution in [-0.2, 0) is 5.41 Å². The number of rotatable bonds is 2. The van der Waals surface area contributed by atoms with Crippen molar-refractivity contribution in [1.29, 1.82) is 0 Å². The molecule has 3 aromatic carbocycles. The molecule has 0 N–H and O–H groups in total. The Labute approximate surface area is 225 Å². The molecule has 1 atom stereocenters. The lowest BCUT2D eigenvalue weighted by molar-refractivity contribution is 0.636. The highest BCUT2D eigenvalue weighted by molar-refractivity contribution is 6.09. The lowest BCUT2D eigenvalue weighted by Gasteiger charge is -2.26. The first-order valence-corrected chi connectivity index (χ1v) is 14.2.